The molecule has 3 aromatic rings. The van der Waals surface area contributed by atoms with E-state index in [0.29, 0.717) is 23.9 Å². The van der Waals surface area contributed by atoms with E-state index in [0.717, 1.165) is 42.8 Å². The predicted molar refractivity (Wildman–Crippen MR) is 116 cm³/mol. The van der Waals surface area contributed by atoms with Crippen molar-refractivity contribution in [2.45, 2.75) is 32.1 Å². The number of amides is 1. The fraction of sp³-hybridized carbons (Fsp3) is 0.409. The molecule has 1 aliphatic heterocycles. The van der Waals surface area contributed by atoms with Crippen LogP contribution in [-0.4, -0.2) is 63.4 Å². The number of pyridine rings is 2. The number of rotatable bonds is 6. The number of fused-ring (bicyclic) bond motifs is 1. The molecule has 1 aliphatic rings. The van der Waals surface area contributed by atoms with Crippen LogP contribution in [0.1, 0.15) is 34.6 Å². The second-order valence-electron chi connectivity index (χ2n) is 7.85. The summed E-state index contributed by atoms with van der Waals surface area (Å²) in [7, 11) is 3.48. The maximum absolute atomic E-state index is 12.8. The van der Waals surface area contributed by atoms with Gasteiger partial charge in [-0.25, -0.2) is 4.98 Å². The van der Waals surface area contributed by atoms with Crippen LogP contribution in [0.3, 0.4) is 0 Å². The number of ether oxygens (including phenoxy) is 1. The number of imidazole rings is 1. The summed E-state index contributed by atoms with van der Waals surface area (Å²) in [6.07, 6.45) is 7.65. The Kier molecular flexibility index (Phi) is 6.32. The fourth-order valence-corrected chi connectivity index (χ4v) is 3.96. The van der Waals surface area contributed by atoms with Gasteiger partial charge in [-0.05, 0) is 43.1 Å². The van der Waals surface area contributed by atoms with E-state index >= 15 is 0 Å². The molecule has 8 heteroatoms. The van der Waals surface area contributed by atoms with Crippen molar-refractivity contribution in [2.24, 2.45) is 0 Å². The molecule has 0 saturated carbocycles. The molecule has 4 heterocycles. The van der Waals surface area contributed by atoms with E-state index in [1.807, 2.05) is 35.0 Å². The molecule has 1 saturated heterocycles. The third-order valence-electron chi connectivity index (χ3n) is 5.33. The Labute approximate surface area is 181 Å². The smallest absolute Gasteiger partial charge is 0.273 e. The van der Waals surface area contributed by atoms with E-state index in [1.54, 1.807) is 31.3 Å². The molecule has 1 fully saturated rings. The first kappa shape index (κ1) is 20.8. The molecule has 0 aromatic carbocycles. The monoisotopic (exact) mass is 427 g/mol. The number of hydrogen-bond donors (Lipinski definition) is 0. The van der Waals surface area contributed by atoms with Crippen LogP contribution in [0.25, 0.3) is 5.65 Å². The number of piperidine rings is 1. The van der Waals surface area contributed by atoms with Gasteiger partial charge in [-0.15, -0.1) is 0 Å². The minimum absolute atomic E-state index is 0.105. The average Bonchev–Trinajstić information content (AvgIpc) is 3.10. The third-order valence-corrected chi connectivity index (χ3v) is 5.56. The lowest BCUT2D eigenvalue weighted by atomic mass is 10.1. The molecular formula is C22H26ClN5O2. The van der Waals surface area contributed by atoms with Crippen molar-refractivity contribution in [3.8, 4) is 0 Å². The maximum atomic E-state index is 12.8. The summed E-state index contributed by atoms with van der Waals surface area (Å²) in [5.74, 6) is -0.105. The molecule has 4 rings (SSSR count). The number of carbonyl (C=O) groups is 1. The van der Waals surface area contributed by atoms with Crippen molar-refractivity contribution >= 4 is 23.2 Å². The van der Waals surface area contributed by atoms with E-state index in [9.17, 15) is 4.79 Å². The van der Waals surface area contributed by atoms with Gasteiger partial charge in [-0.2, -0.15) is 0 Å². The highest BCUT2D eigenvalue weighted by Gasteiger charge is 2.26. The molecular weight excluding hydrogens is 402 g/mol. The molecule has 0 bridgehead atoms. The summed E-state index contributed by atoms with van der Waals surface area (Å²) in [5.41, 5.74) is 3.13. The van der Waals surface area contributed by atoms with Crippen molar-refractivity contribution in [3.05, 3.63) is 64.8 Å². The lowest BCUT2D eigenvalue weighted by molar-refractivity contribution is -0.0125. The molecule has 3 aromatic heterocycles. The fourth-order valence-electron chi connectivity index (χ4n) is 3.80. The Balaban J connectivity index is 1.52. The molecule has 0 aliphatic carbocycles. The molecule has 7 nitrogen and oxygen atoms in total. The van der Waals surface area contributed by atoms with Gasteiger partial charge in [0.05, 0.1) is 23.4 Å². The minimum Gasteiger partial charge on any atom is -0.372 e. The van der Waals surface area contributed by atoms with Gasteiger partial charge in [0.1, 0.15) is 5.65 Å². The van der Waals surface area contributed by atoms with E-state index in [4.69, 9.17) is 16.3 Å². The Bertz CT molecular complexity index is 1020. The highest BCUT2D eigenvalue weighted by Crippen LogP contribution is 2.22. The Morgan fingerprint density at radius 2 is 2.20 bits per heavy atom. The molecule has 0 spiro atoms. The standard InChI is InChI=1S/C22H26ClN5O2/c1-26(2)22(29)21-19(28-12-17(23)7-8-20(28)25-21)14-27-10-4-6-18(13-27)30-15-16-5-3-9-24-11-16/h3,5,7-9,11-12,18H,4,6,10,13-15H2,1-2H3/t18-/m0/s1. The highest BCUT2D eigenvalue weighted by molar-refractivity contribution is 6.30. The first-order valence-corrected chi connectivity index (χ1v) is 10.5. The molecule has 0 N–H and O–H groups in total. The van der Waals surface area contributed by atoms with Crippen LogP contribution >= 0.6 is 11.6 Å². The van der Waals surface area contributed by atoms with Crippen LogP contribution < -0.4 is 0 Å². The number of aromatic nitrogens is 3. The van der Waals surface area contributed by atoms with Crippen molar-refractivity contribution in [3.63, 3.8) is 0 Å². The zero-order valence-corrected chi connectivity index (χ0v) is 18.0. The van der Waals surface area contributed by atoms with Crippen LogP contribution in [0.15, 0.2) is 42.9 Å². The molecule has 0 radical (unpaired) electrons. The number of nitrogens with zero attached hydrogens (tertiary/aromatic N) is 5. The van der Waals surface area contributed by atoms with E-state index < -0.39 is 0 Å². The third kappa shape index (κ3) is 4.64. The van der Waals surface area contributed by atoms with Gasteiger partial charge in [0.2, 0.25) is 0 Å². The second kappa shape index (κ2) is 9.12. The second-order valence-corrected chi connectivity index (χ2v) is 8.29. The van der Waals surface area contributed by atoms with Crippen LogP contribution in [0.2, 0.25) is 5.02 Å². The van der Waals surface area contributed by atoms with Crippen molar-refractivity contribution in [1.82, 2.24) is 24.2 Å². The summed E-state index contributed by atoms with van der Waals surface area (Å²) >= 11 is 6.22. The normalized spacial score (nSPS) is 17.4. The molecule has 158 valence electrons. The minimum atomic E-state index is -0.105. The molecule has 1 atom stereocenters. The van der Waals surface area contributed by atoms with Gasteiger partial charge in [-0.3, -0.25) is 14.7 Å². The van der Waals surface area contributed by atoms with Gasteiger partial charge in [0, 0.05) is 45.8 Å². The Hall–Kier alpha value is -2.48. The average molecular weight is 428 g/mol. The zero-order valence-electron chi connectivity index (χ0n) is 17.3. The lowest BCUT2D eigenvalue weighted by Gasteiger charge is -2.32. The summed E-state index contributed by atoms with van der Waals surface area (Å²) in [4.78, 5) is 25.4. The van der Waals surface area contributed by atoms with Crippen LogP contribution in [0, 0.1) is 0 Å². The van der Waals surface area contributed by atoms with E-state index in [2.05, 4.69) is 14.9 Å². The predicted octanol–water partition coefficient (Wildman–Crippen LogP) is 3.27. The summed E-state index contributed by atoms with van der Waals surface area (Å²) in [6.45, 7) is 2.94. The number of carbonyl (C=O) groups excluding carboxylic acids is 1. The molecule has 0 unspecified atom stereocenters. The number of likely N-dealkylation sites (tertiary alicyclic amines) is 1. The largest absolute Gasteiger partial charge is 0.372 e. The van der Waals surface area contributed by atoms with Crippen molar-refractivity contribution in [1.29, 1.82) is 0 Å². The van der Waals surface area contributed by atoms with E-state index in [1.165, 1.54) is 0 Å². The van der Waals surface area contributed by atoms with Gasteiger partial charge in [0.25, 0.3) is 5.91 Å². The van der Waals surface area contributed by atoms with E-state index in [-0.39, 0.29) is 12.0 Å². The molecule has 1 amide bonds. The first-order chi connectivity index (χ1) is 14.5. The van der Waals surface area contributed by atoms with Gasteiger partial charge >= 0.3 is 0 Å². The Morgan fingerprint density at radius 3 is 2.97 bits per heavy atom. The summed E-state index contributed by atoms with van der Waals surface area (Å²) in [5, 5.41) is 0.612. The Morgan fingerprint density at radius 1 is 1.33 bits per heavy atom. The zero-order chi connectivity index (χ0) is 21.1. The SMILES string of the molecule is CN(C)C(=O)c1nc2ccc(Cl)cn2c1CN1CCC[C@H](OCc2cccnc2)C1. The topological polar surface area (TPSA) is 63.0 Å². The van der Waals surface area contributed by atoms with Crippen molar-refractivity contribution < 1.29 is 9.53 Å². The van der Waals surface area contributed by atoms with Crippen LogP contribution in [-0.2, 0) is 17.9 Å². The molecule has 30 heavy (non-hydrogen) atoms. The van der Waals surface area contributed by atoms with Gasteiger partial charge in [0.15, 0.2) is 5.69 Å². The first-order valence-electron chi connectivity index (χ1n) is 10.1. The van der Waals surface area contributed by atoms with Crippen molar-refractivity contribution in [2.75, 3.05) is 27.2 Å². The lowest BCUT2D eigenvalue weighted by Crippen LogP contribution is -2.39. The summed E-state index contributed by atoms with van der Waals surface area (Å²) in [6, 6.07) is 7.58. The van der Waals surface area contributed by atoms with Gasteiger partial charge < -0.3 is 14.0 Å². The quantitative estimate of drug-likeness (QED) is 0.604. The number of halogens is 1. The summed E-state index contributed by atoms with van der Waals surface area (Å²) < 4.78 is 8.07. The van der Waals surface area contributed by atoms with Crippen LogP contribution in [0.5, 0.6) is 0 Å². The maximum Gasteiger partial charge on any atom is 0.273 e. The number of hydrogen-bond acceptors (Lipinski definition) is 5. The highest BCUT2D eigenvalue weighted by atomic mass is 35.5. The van der Waals surface area contributed by atoms with Crippen LogP contribution in [0.4, 0.5) is 0 Å². The van der Waals surface area contributed by atoms with Gasteiger partial charge in [-0.1, -0.05) is 17.7 Å².